The predicted octanol–water partition coefficient (Wildman–Crippen LogP) is 3.44. The zero-order valence-electron chi connectivity index (χ0n) is 23.8. The monoisotopic (exact) mass is 755 g/mol. The summed E-state index contributed by atoms with van der Waals surface area (Å²) in [6.07, 6.45) is 0.436. The number of carbonyl (C=O) groups excluding carboxylic acids is 2. The number of carbonyl (C=O) groups is 2. The van der Waals surface area contributed by atoms with E-state index in [9.17, 15) is 14.7 Å². The van der Waals surface area contributed by atoms with Gasteiger partial charge in [-0.3, -0.25) is 9.59 Å². The first-order chi connectivity index (χ1) is 17.8. The number of ketones is 1. The van der Waals surface area contributed by atoms with E-state index in [2.05, 4.69) is 37.2 Å². The van der Waals surface area contributed by atoms with Gasteiger partial charge in [-0.25, -0.2) is 0 Å². The SMILES string of the molecule is CC(C)(C)O.CC(C)(C)[O-].O=C(CCl)Nc1ccc(Cl)c(Br)c1CO.O=C1COCc2c(ccc(Cl)c2Br)C1.[Na+]. The third kappa shape index (κ3) is 19.4. The van der Waals surface area contributed by atoms with E-state index in [1.165, 1.54) is 0 Å². The molecule has 0 saturated heterocycles. The fraction of sp³-hybridized carbons (Fsp3) is 0.481. The maximum absolute atomic E-state index is 11.3. The Hall–Kier alpha value is 0.250. The molecule has 0 aromatic heterocycles. The summed E-state index contributed by atoms with van der Waals surface area (Å²) in [6, 6.07) is 6.91. The summed E-state index contributed by atoms with van der Waals surface area (Å²) in [4.78, 5) is 22.3. The quantitative estimate of drug-likeness (QED) is 0.327. The summed E-state index contributed by atoms with van der Waals surface area (Å²) in [7, 11) is 0. The van der Waals surface area contributed by atoms with Crippen molar-refractivity contribution < 1.29 is 59.2 Å². The Balaban J connectivity index is 0. The van der Waals surface area contributed by atoms with Gasteiger partial charge in [0.15, 0.2) is 5.78 Å². The second-order valence-electron chi connectivity index (χ2n) is 10.2. The smallest absolute Gasteiger partial charge is 0.850 e. The van der Waals surface area contributed by atoms with Gasteiger partial charge in [0.1, 0.15) is 12.5 Å². The minimum absolute atomic E-state index is 0. The van der Waals surface area contributed by atoms with Crippen LogP contribution in [0.3, 0.4) is 0 Å². The molecule has 1 aliphatic rings. The van der Waals surface area contributed by atoms with Gasteiger partial charge in [0.25, 0.3) is 0 Å². The summed E-state index contributed by atoms with van der Waals surface area (Å²) in [6.45, 7) is 10.5. The summed E-state index contributed by atoms with van der Waals surface area (Å²) in [5.41, 5.74) is 1.77. The minimum atomic E-state index is -0.750. The molecule has 1 heterocycles. The number of aliphatic hydroxyl groups excluding tert-OH is 1. The Morgan fingerprint density at radius 1 is 1.02 bits per heavy atom. The average molecular weight is 759 g/mol. The molecular weight excluding hydrogens is 723 g/mol. The van der Waals surface area contributed by atoms with E-state index in [0.717, 1.165) is 15.6 Å². The van der Waals surface area contributed by atoms with Crippen LogP contribution in [0.2, 0.25) is 10.0 Å². The first-order valence-corrected chi connectivity index (χ1v) is 14.6. The number of fused-ring (bicyclic) bond motifs is 1. The fourth-order valence-electron chi connectivity index (χ4n) is 2.53. The molecule has 0 unspecified atom stereocenters. The van der Waals surface area contributed by atoms with Crippen molar-refractivity contribution >= 4 is 84.0 Å². The standard InChI is InChI=1S/C10H8BrClO2.C9H8BrCl2NO2.C4H10O.C4H9O.Na/c11-10-8-5-14-4-7(13)3-6(8)1-2-9(10)12;10-9-5(4-14)7(2-1-6(9)12)13-8(15)3-11;2*1-4(2,3)5;/h1-2H,3-5H2;1-2,14H,3-4H2,(H,13,15);5H,1-3H3;1-3H3;/q;;;-1;+1. The molecule has 7 nitrogen and oxygen atoms in total. The van der Waals surface area contributed by atoms with Crippen LogP contribution in [0.5, 0.6) is 0 Å². The van der Waals surface area contributed by atoms with Crippen molar-refractivity contribution in [1.82, 2.24) is 0 Å². The molecule has 13 heteroatoms. The summed E-state index contributed by atoms with van der Waals surface area (Å²) < 4.78 is 6.64. The largest absolute Gasteiger partial charge is 1.00 e. The zero-order valence-corrected chi connectivity index (χ0v) is 31.2. The van der Waals surface area contributed by atoms with Crippen molar-refractivity contribution in [3.05, 3.63) is 59.9 Å². The zero-order chi connectivity index (χ0) is 30.6. The van der Waals surface area contributed by atoms with Gasteiger partial charge < -0.3 is 25.4 Å². The van der Waals surface area contributed by atoms with Gasteiger partial charge in [-0.1, -0.05) is 50.0 Å². The molecule has 0 radical (unpaired) electrons. The molecule has 2 aromatic rings. The van der Waals surface area contributed by atoms with E-state index in [1.807, 2.05) is 6.07 Å². The first-order valence-electron chi connectivity index (χ1n) is 11.7. The van der Waals surface area contributed by atoms with Crippen LogP contribution in [0, 0.1) is 0 Å². The third-order valence-electron chi connectivity index (χ3n) is 3.94. The number of Topliss-reactive ketones (excluding diaryl/α,β-unsaturated/α-hetero) is 1. The van der Waals surface area contributed by atoms with Gasteiger partial charge in [-0.2, -0.15) is 0 Å². The van der Waals surface area contributed by atoms with E-state index in [4.69, 9.17) is 49.8 Å². The van der Waals surface area contributed by atoms with E-state index in [-0.39, 0.29) is 60.3 Å². The van der Waals surface area contributed by atoms with Crippen molar-refractivity contribution in [2.75, 3.05) is 17.8 Å². The molecular formula is C27H35Br2Cl3NNaO6. The topological polar surface area (TPSA) is 119 Å². The van der Waals surface area contributed by atoms with Gasteiger partial charge in [0, 0.05) is 26.6 Å². The molecule has 3 rings (SSSR count). The number of amides is 1. The van der Waals surface area contributed by atoms with Crippen molar-refractivity contribution in [3.63, 3.8) is 0 Å². The molecule has 0 aliphatic carbocycles. The maximum atomic E-state index is 11.3. The van der Waals surface area contributed by atoms with Crippen LogP contribution < -0.4 is 40.0 Å². The minimum Gasteiger partial charge on any atom is -0.850 e. The van der Waals surface area contributed by atoms with E-state index >= 15 is 0 Å². The summed E-state index contributed by atoms with van der Waals surface area (Å²) in [5.74, 6) is -0.357. The second kappa shape index (κ2) is 20.3. The molecule has 2 aromatic carbocycles. The Morgan fingerprint density at radius 2 is 1.50 bits per heavy atom. The Morgan fingerprint density at radius 3 is 1.98 bits per heavy atom. The number of hydrogen-bond donors (Lipinski definition) is 3. The molecule has 220 valence electrons. The van der Waals surface area contributed by atoms with Crippen LogP contribution in [0.15, 0.2) is 33.2 Å². The number of anilines is 1. The summed E-state index contributed by atoms with van der Waals surface area (Å²) in [5, 5.41) is 31.5. The van der Waals surface area contributed by atoms with E-state index in [1.54, 1.807) is 59.7 Å². The first kappa shape index (κ1) is 42.4. The van der Waals surface area contributed by atoms with Gasteiger partial charge in [-0.05, 0) is 82.0 Å². The molecule has 1 aliphatic heterocycles. The average Bonchev–Trinajstić information content (AvgIpc) is 2.98. The maximum Gasteiger partial charge on any atom is 1.00 e. The normalized spacial score (nSPS) is 12.5. The molecule has 1 amide bonds. The number of benzene rings is 2. The molecule has 3 N–H and O–H groups in total. The number of alkyl halides is 1. The number of rotatable bonds is 3. The summed E-state index contributed by atoms with van der Waals surface area (Å²) >= 11 is 23.8. The van der Waals surface area contributed by atoms with Crippen LogP contribution in [0.25, 0.3) is 0 Å². The molecule has 0 fully saturated rings. The van der Waals surface area contributed by atoms with Crippen LogP contribution in [0.1, 0.15) is 58.2 Å². The van der Waals surface area contributed by atoms with Crippen LogP contribution in [0.4, 0.5) is 5.69 Å². The molecule has 0 bridgehead atoms. The number of aliphatic hydroxyl groups is 2. The third-order valence-corrected chi connectivity index (χ3v) is 7.08. The fourth-order valence-corrected chi connectivity index (χ4v) is 3.93. The Kier molecular flexibility index (Phi) is 21.5. The van der Waals surface area contributed by atoms with Gasteiger partial charge >= 0.3 is 29.6 Å². The van der Waals surface area contributed by atoms with Crippen LogP contribution >= 0.6 is 66.7 Å². The number of ether oxygens (including phenoxy) is 1. The molecule has 0 saturated carbocycles. The van der Waals surface area contributed by atoms with Crippen molar-refractivity contribution in [1.29, 1.82) is 0 Å². The second-order valence-corrected chi connectivity index (χ2v) is 12.9. The Labute approximate surface area is 290 Å². The van der Waals surface area contributed by atoms with Crippen LogP contribution in [-0.4, -0.2) is 45.6 Å². The van der Waals surface area contributed by atoms with Gasteiger partial charge in [-0.15, -0.1) is 17.2 Å². The van der Waals surface area contributed by atoms with E-state index in [0.29, 0.717) is 38.8 Å². The van der Waals surface area contributed by atoms with Crippen molar-refractivity contribution in [3.8, 4) is 0 Å². The number of nitrogens with one attached hydrogen (secondary N) is 1. The van der Waals surface area contributed by atoms with Crippen LogP contribution in [-0.2, 0) is 34.0 Å². The molecule has 40 heavy (non-hydrogen) atoms. The number of hydrogen-bond acceptors (Lipinski definition) is 6. The number of halogens is 5. The van der Waals surface area contributed by atoms with Crippen molar-refractivity contribution in [2.45, 2.75) is 72.4 Å². The molecule has 0 spiro atoms. The Bertz CT molecular complexity index is 1090. The van der Waals surface area contributed by atoms with Gasteiger partial charge in [0.05, 0.1) is 28.9 Å². The van der Waals surface area contributed by atoms with Crippen molar-refractivity contribution in [2.24, 2.45) is 0 Å². The molecule has 0 atom stereocenters. The van der Waals surface area contributed by atoms with Gasteiger partial charge in [0.2, 0.25) is 5.91 Å². The van der Waals surface area contributed by atoms with E-state index < -0.39 is 11.2 Å². The predicted molar refractivity (Wildman–Crippen MR) is 164 cm³/mol.